The second kappa shape index (κ2) is 5.36. The molecule has 2 rings (SSSR count). The smallest absolute Gasteiger partial charge is 0.343 e. The molecule has 1 heterocycles. The van der Waals surface area contributed by atoms with E-state index in [-0.39, 0.29) is 16.3 Å². The number of aliphatic carboxylic acids is 1. The lowest BCUT2D eigenvalue weighted by molar-refractivity contribution is -0.144. The first-order valence-corrected chi connectivity index (χ1v) is 6.42. The Morgan fingerprint density at radius 3 is 2.26 bits per heavy atom. The lowest BCUT2D eigenvalue weighted by atomic mass is 9.94. The molecule has 0 aromatic heterocycles. The van der Waals surface area contributed by atoms with Gasteiger partial charge in [-0.15, -0.1) is 0 Å². The average molecular weight is 260 g/mol. The first kappa shape index (κ1) is 13.5. The van der Waals surface area contributed by atoms with Crippen molar-refractivity contribution >= 4 is 17.6 Å². The highest BCUT2D eigenvalue weighted by Gasteiger charge is 2.42. The number of benzene rings is 1. The molecule has 0 aliphatic carbocycles. The van der Waals surface area contributed by atoms with Crippen molar-refractivity contribution in [3.05, 3.63) is 43.0 Å². The number of carboxylic acids is 1. The number of carbonyl (C=O) groups excluding carboxylic acids is 1. The molecule has 1 aliphatic heterocycles. The van der Waals surface area contributed by atoms with Gasteiger partial charge in [-0.05, 0) is 12.1 Å². The van der Waals surface area contributed by atoms with E-state index in [0.29, 0.717) is 25.9 Å². The molecule has 1 aromatic carbocycles. The molecule has 0 saturated carbocycles. The van der Waals surface area contributed by atoms with Crippen LogP contribution in [0.2, 0.25) is 0 Å². The highest BCUT2D eigenvalue weighted by Crippen LogP contribution is 2.31. The maximum atomic E-state index is 12.3. The molecular formula is C15H18NO3+. The fraction of sp³-hybridized carbons (Fsp3) is 0.333. The molecule has 4 nitrogen and oxygen atoms in total. The predicted octanol–water partition coefficient (Wildman–Crippen LogP) is 2.20. The summed E-state index contributed by atoms with van der Waals surface area (Å²) >= 11 is 0. The SMILES string of the molecule is C=CC(=O)[N+]1(c2ccccc2)CCC(C(=O)O)CC1. The molecule has 100 valence electrons. The standard InChI is InChI=1S/C15H17NO3/c1-2-14(17)16(13-6-4-3-5-7-13)10-8-12(9-11-16)15(18)19/h2-7,12H,1,8-11H2/p+1. The molecule has 1 saturated heterocycles. The summed E-state index contributed by atoms with van der Waals surface area (Å²) in [5.74, 6) is -1.17. The van der Waals surface area contributed by atoms with Gasteiger partial charge in [0.15, 0.2) is 0 Å². The van der Waals surface area contributed by atoms with Gasteiger partial charge in [-0.25, -0.2) is 9.28 Å². The Morgan fingerprint density at radius 2 is 1.79 bits per heavy atom. The third-order valence-corrected chi connectivity index (χ3v) is 3.91. The number of rotatable bonds is 3. The van der Waals surface area contributed by atoms with Crippen molar-refractivity contribution in [3.8, 4) is 0 Å². The zero-order chi connectivity index (χ0) is 13.9. The van der Waals surface area contributed by atoms with Gasteiger partial charge in [0.05, 0.1) is 19.0 Å². The number of likely N-dealkylation sites (tertiary alicyclic amines) is 1. The minimum atomic E-state index is -0.767. The van der Waals surface area contributed by atoms with Gasteiger partial charge in [0.25, 0.3) is 0 Å². The third kappa shape index (κ3) is 2.44. The van der Waals surface area contributed by atoms with E-state index in [4.69, 9.17) is 5.11 Å². The molecule has 1 aromatic rings. The maximum absolute atomic E-state index is 12.3. The Hall–Kier alpha value is -1.94. The molecule has 0 spiro atoms. The van der Waals surface area contributed by atoms with Crippen LogP contribution in [0.5, 0.6) is 0 Å². The van der Waals surface area contributed by atoms with Crippen molar-refractivity contribution in [1.82, 2.24) is 4.48 Å². The van der Waals surface area contributed by atoms with Crippen molar-refractivity contribution in [2.45, 2.75) is 12.8 Å². The summed E-state index contributed by atoms with van der Waals surface area (Å²) < 4.78 is 0.189. The van der Waals surface area contributed by atoms with Crippen LogP contribution in [-0.4, -0.2) is 30.1 Å². The molecule has 1 N–H and O–H groups in total. The number of carboxylic acid groups (broad SMARTS) is 1. The number of quaternary nitrogens is 1. The first-order valence-electron chi connectivity index (χ1n) is 6.42. The summed E-state index contributed by atoms with van der Waals surface area (Å²) in [6.07, 6.45) is 2.38. The summed E-state index contributed by atoms with van der Waals surface area (Å²) in [4.78, 5) is 23.3. The van der Waals surface area contributed by atoms with Crippen molar-refractivity contribution in [3.63, 3.8) is 0 Å². The molecular weight excluding hydrogens is 242 g/mol. The van der Waals surface area contributed by atoms with Crippen LogP contribution < -0.4 is 4.48 Å². The molecule has 0 unspecified atom stereocenters. The normalized spacial score (nSPS) is 26.6. The van der Waals surface area contributed by atoms with Crippen LogP contribution in [0.3, 0.4) is 0 Å². The Bertz CT molecular complexity index is 487. The number of hydrogen-bond acceptors (Lipinski definition) is 2. The Morgan fingerprint density at radius 1 is 1.21 bits per heavy atom. The molecule has 19 heavy (non-hydrogen) atoms. The van der Waals surface area contributed by atoms with Crippen LogP contribution in [-0.2, 0) is 9.59 Å². The van der Waals surface area contributed by atoms with E-state index in [1.807, 2.05) is 30.3 Å². The maximum Gasteiger partial charge on any atom is 0.343 e. The summed E-state index contributed by atoms with van der Waals surface area (Å²) in [5.41, 5.74) is 0.913. The largest absolute Gasteiger partial charge is 0.481 e. The van der Waals surface area contributed by atoms with E-state index < -0.39 is 5.97 Å². The Labute approximate surface area is 112 Å². The van der Waals surface area contributed by atoms with E-state index in [2.05, 4.69) is 6.58 Å². The summed E-state index contributed by atoms with van der Waals surface area (Å²) in [5, 5.41) is 9.06. The number of nitrogens with zero attached hydrogens (tertiary/aromatic N) is 1. The van der Waals surface area contributed by atoms with Crippen LogP contribution in [0.15, 0.2) is 43.0 Å². The van der Waals surface area contributed by atoms with Crippen LogP contribution in [0.25, 0.3) is 0 Å². The topological polar surface area (TPSA) is 54.4 Å². The molecule has 0 atom stereocenters. The Balaban J connectivity index is 2.32. The van der Waals surface area contributed by atoms with E-state index in [0.717, 1.165) is 5.69 Å². The molecule has 1 amide bonds. The van der Waals surface area contributed by atoms with E-state index in [1.165, 1.54) is 6.08 Å². The van der Waals surface area contributed by atoms with E-state index in [9.17, 15) is 9.59 Å². The second-order valence-corrected chi connectivity index (χ2v) is 4.91. The number of piperidine rings is 1. The highest BCUT2D eigenvalue weighted by atomic mass is 16.4. The zero-order valence-corrected chi connectivity index (χ0v) is 10.8. The van der Waals surface area contributed by atoms with Gasteiger partial charge < -0.3 is 5.11 Å². The third-order valence-electron chi connectivity index (χ3n) is 3.91. The second-order valence-electron chi connectivity index (χ2n) is 4.91. The molecule has 4 heteroatoms. The van der Waals surface area contributed by atoms with E-state index >= 15 is 0 Å². The molecule has 1 aliphatic rings. The van der Waals surface area contributed by atoms with Gasteiger partial charge in [0, 0.05) is 18.9 Å². The predicted molar refractivity (Wildman–Crippen MR) is 73.5 cm³/mol. The average Bonchev–Trinajstić information content (AvgIpc) is 2.47. The van der Waals surface area contributed by atoms with Gasteiger partial charge >= 0.3 is 11.9 Å². The van der Waals surface area contributed by atoms with Crippen LogP contribution in [0.4, 0.5) is 5.69 Å². The number of para-hydroxylation sites is 1. The minimum Gasteiger partial charge on any atom is -0.481 e. The lowest BCUT2D eigenvalue weighted by Crippen LogP contribution is -2.58. The van der Waals surface area contributed by atoms with Crippen LogP contribution in [0, 0.1) is 5.92 Å². The lowest BCUT2D eigenvalue weighted by Gasteiger charge is -2.39. The van der Waals surface area contributed by atoms with Gasteiger partial charge in [0.2, 0.25) is 0 Å². The summed E-state index contributed by atoms with van der Waals surface area (Å²) in [6.45, 7) is 4.62. The quantitative estimate of drug-likeness (QED) is 0.669. The fourth-order valence-corrected chi connectivity index (χ4v) is 2.75. The first-order chi connectivity index (χ1) is 9.10. The number of amides is 1. The summed E-state index contributed by atoms with van der Waals surface area (Å²) in [6, 6.07) is 9.54. The van der Waals surface area contributed by atoms with Crippen molar-refractivity contribution in [2.75, 3.05) is 13.1 Å². The van der Waals surface area contributed by atoms with Crippen LogP contribution in [0.1, 0.15) is 12.8 Å². The molecule has 0 radical (unpaired) electrons. The molecule has 1 fully saturated rings. The van der Waals surface area contributed by atoms with Crippen LogP contribution >= 0.6 is 0 Å². The monoisotopic (exact) mass is 260 g/mol. The van der Waals surface area contributed by atoms with Gasteiger partial charge in [-0.1, -0.05) is 24.8 Å². The van der Waals surface area contributed by atoms with E-state index in [1.54, 1.807) is 0 Å². The minimum absolute atomic E-state index is 0.0601. The van der Waals surface area contributed by atoms with Crippen molar-refractivity contribution < 1.29 is 14.7 Å². The van der Waals surface area contributed by atoms with Gasteiger partial charge in [-0.2, -0.15) is 0 Å². The Kier molecular flexibility index (Phi) is 3.81. The van der Waals surface area contributed by atoms with Gasteiger partial charge in [0.1, 0.15) is 5.69 Å². The number of carbonyl (C=O) groups is 2. The zero-order valence-electron chi connectivity index (χ0n) is 10.8. The molecule has 0 bridgehead atoms. The summed E-state index contributed by atoms with van der Waals surface area (Å²) in [7, 11) is 0. The van der Waals surface area contributed by atoms with Gasteiger partial charge in [-0.3, -0.25) is 4.79 Å². The number of hydrogen-bond donors (Lipinski definition) is 1. The highest BCUT2D eigenvalue weighted by molar-refractivity contribution is 5.97. The fourth-order valence-electron chi connectivity index (χ4n) is 2.75. The van der Waals surface area contributed by atoms with Crippen molar-refractivity contribution in [1.29, 1.82) is 0 Å². The van der Waals surface area contributed by atoms with Crippen molar-refractivity contribution in [2.24, 2.45) is 5.92 Å².